The number of hydrogen-bond acceptors (Lipinski definition) is 3. The second-order valence-electron chi connectivity index (χ2n) is 6.18. The first-order valence-corrected chi connectivity index (χ1v) is 10.5. The Labute approximate surface area is 162 Å². The molecule has 0 spiro atoms. The number of benzene rings is 2. The van der Waals surface area contributed by atoms with Crippen LogP contribution in [-0.4, -0.2) is 31.7 Å². The number of amides is 2. The molecule has 0 aliphatic heterocycles. The van der Waals surface area contributed by atoms with Crippen LogP contribution in [0.25, 0.3) is 10.9 Å². The van der Waals surface area contributed by atoms with Gasteiger partial charge in [0.05, 0.1) is 10.6 Å². The van der Waals surface area contributed by atoms with Crippen LogP contribution in [0.5, 0.6) is 0 Å². The molecule has 3 aromatic rings. The first-order chi connectivity index (χ1) is 12.9. The summed E-state index contributed by atoms with van der Waals surface area (Å²) in [4.78, 5) is 15.3. The molecule has 142 valence electrons. The topological polar surface area (TPSA) is 91.1 Å². The molecule has 3 N–H and O–H groups in total. The van der Waals surface area contributed by atoms with Gasteiger partial charge in [-0.05, 0) is 30.7 Å². The zero-order chi connectivity index (χ0) is 19.4. The minimum atomic E-state index is -3.53. The molecule has 1 heterocycles. The highest BCUT2D eigenvalue weighted by Crippen LogP contribution is 2.27. The molecular weight excluding hydrogens is 386 g/mol. The third-order valence-corrected chi connectivity index (χ3v) is 6.31. The molecule has 0 unspecified atom stereocenters. The van der Waals surface area contributed by atoms with Crippen molar-refractivity contribution in [3.63, 3.8) is 0 Å². The number of rotatable bonds is 6. The molecule has 0 saturated carbocycles. The van der Waals surface area contributed by atoms with Gasteiger partial charge in [-0.3, -0.25) is 0 Å². The number of fused-ring (bicyclic) bond motifs is 1. The quantitative estimate of drug-likeness (QED) is 0.587. The van der Waals surface area contributed by atoms with E-state index in [0.717, 1.165) is 11.1 Å². The van der Waals surface area contributed by atoms with Crippen molar-refractivity contribution >= 4 is 38.4 Å². The predicted octanol–water partition coefficient (Wildman–Crippen LogP) is 3.40. The number of carbonyl (C=O) groups is 1. The van der Waals surface area contributed by atoms with Crippen LogP contribution in [0.15, 0.2) is 53.4 Å². The Morgan fingerprint density at radius 3 is 2.52 bits per heavy atom. The predicted molar refractivity (Wildman–Crippen MR) is 107 cm³/mol. The Hall–Kier alpha value is -2.51. The summed E-state index contributed by atoms with van der Waals surface area (Å²) < 4.78 is 25.4. The Morgan fingerprint density at radius 1 is 1.07 bits per heavy atom. The van der Waals surface area contributed by atoms with Crippen molar-refractivity contribution in [2.75, 3.05) is 12.3 Å². The molecule has 0 fully saturated rings. The molecule has 0 aliphatic carbocycles. The highest BCUT2D eigenvalue weighted by molar-refractivity contribution is 7.91. The lowest BCUT2D eigenvalue weighted by atomic mass is 10.2. The highest BCUT2D eigenvalue weighted by Gasteiger charge is 2.22. The summed E-state index contributed by atoms with van der Waals surface area (Å²) in [6.07, 6.45) is 0. The third-order valence-electron chi connectivity index (χ3n) is 4.17. The van der Waals surface area contributed by atoms with Crippen molar-refractivity contribution in [1.82, 2.24) is 15.6 Å². The third kappa shape index (κ3) is 4.61. The van der Waals surface area contributed by atoms with Gasteiger partial charge in [0.15, 0.2) is 9.84 Å². The maximum Gasteiger partial charge on any atom is 0.315 e. The number of carbonyl (C=O) groups excluding carboxylic acids is 1. The minimum absolute atomic E-state index is 0.0216. The monoisotopic (exact) mass is 405 g/mol. The van der Waals surface area contributed by atoms with Crippen LogP contribution in [0.4, 0.5) is 4.79 Å². The fourth-order valence-electron chi connectivity index (χ4n) is 2.90. The van der Waals surface area contributed by atoms with E-state index in [0.29, 0.717) is 27.5 Å². The SMILES string of the molecule is Cc1[nH]c2ccccc2c1S(=O)(=O)CCNC(=O)NCc1ccc(Cl)cc1. The number of aryl methyl sites for hydroxylation is 1. The molecule has 0 radical (unpaired) electrons. The molecule has 2 amide bonds. The minimum Gasteiger partial charge on any atom is -0.358 e. The Morgan fingerprint density at radius 2 is 1.78 bits per heavy atom. The molecule has 6 nitrogen and oxygen atoms in total. The van der Waals surface area contributed by atoms with E-state index in [1.807, 2.05) is 24.3 Å². The van der Waals surface area contributed by atoms with Gasteiger partial charge in [0.25, 0.3) is 0 Å². The number of aromatic nitrogens is 1. The first-order valence-electron chi connectivity index (χ1n) is 8.43. The number of H-pyrrole nitrogens is 1. The van der Waals surface area contributed by atoms with Crippen molar-refractivity contribution in [3.05, 3.63) is 64.8 Å². The maximum absolute atomic E-state index is 12.7. The van der Waals surface area contributed by atoms with Crippen molar-refractivity contribution in [2.24, 2.45) is 0 Å². The van der Waals surface area contributed by atoms with Crippen LogP contribution in [0.1, 0.15) is 11.3 Å². The standard InChI is InChI=1S/C19H20ClN3O3S/c1-13-18(16-4-2-3-5-17(16)23-13)27(25,26)11-10-21-19(24)22-12-14-6-8-15(20)9-7-14/h2-9,23H,10-12H2,1H3,(H2,21,22,24). The van der Waals surface area contributed by atoms with Gasteiger partial charge in [0.1, 0.15) is 0 Å². The molecule has 0 saturated heterocycles. The summed E-state index contributed by atoms with van der Waals surface area (Å²) in [5.74, 6) is -0.177. The first kappa shape index (κ1) is 19.3. The Balaban J connectivity index is 1.56. The molecule has 1 aromatic heterocycles. The van der Waals surface area contributed by atoms with Gasteiger partial charge >= 0.3 is 6.03 Å². The normalized spacial score (nSPS) is 11.5. The van der Waals surface area contributed by atoms with Crippen molar-refractivity contribution < 1.29 is 13.2 Å². The molecular formula is C19H20ClN3O3S. The number of sulfone groups is 1. The Bertz CT molecular complexity index is 1060. The van der Waals surface area contributed by atoms with Gasteiger partial charge in [-0.1, -0.05) is 41.9 Å². The summed E-state index contributed by atoms with van der Waals surface area (Å²) in [5.41, 5.74) is 2.28. The van der Waals surface area contributed by atoms with Crippen molar-refractivity contribution in [2.45, 2.75) is 18.4 Å². The highest BCUT2D eigenvalue weighted by atomic mass is 35.5. The van der Waals surface area contributed by atoms with E-state index >= 15 is 0 Å². The number of hydrogen-bond donors (Lipinski definition) is 3. The number of halogens is 1. The zero-order valence-corrected chi connectivity index (χ0v) is 16.3. The molecule has 27 heavy (non-hydrogen) atoms. The number of urea groups is 1. The van der Waals surface area contributed by atoms with Gasteiger partial charge in [0.2, 0.25) is 0 Å². The van der Waals surface area contributed by atoms with E-state index in [4.69, 9.17) is 11.6 Å². The van der Waals surface area contributed by atoms with Crippen LogP contribution < -0.4 is 10.6 Å². The fourth-order valence-corrected chi connectivity index (χ4v) is 4.63. The lowest BCUT2D eigenvalue weighted by molar-refractivity contribution is 0.241. The van der Waals surface area contributed by atoms with Crippen LogP contribution in [0.2, 0.25) is 5.02 Å². The summed E-state index contributed by atoms with van der Waals surface area (Å²) >= 11 is 5.82. The fraction of sp³-hybridized carbons (Fsp3) is 0.211. The van der Waals surface area contributed by atoms with Gasteiger partial charge in [-0.15, -0.1) is 0 Å². The maximum atomic E-state index is 12.7. The second-order valence-corrected chi connectivity index (χ2v) is 8.66. The van der Waals surface area contributed by atoms with E-state index in [1.54, 1.807) is 31.2 Å². The smallest absolute Gasteiger partial charge is 0.315 e. The van der Waals surface area contributed by atoms with Crippen LogP contribution in [-0.2, 0) is 16.4 Å². The summed E-state index contributed by atoms with van der Waals surface area (Å²) in [7, 11) is -3.53. The van der Waals surface area contributed by atoms with Crippen LogP contribution in [0, 0.1) is 6.92 Å². The second kappa shape index (κ2) is 8.02. The van der Waals surface area contributed by atoms with Gasteiger partial charge in [-0.2, -0.15) is 0 Å². The van der Waals surface area contributed by atoms with E-state index in [9.17, 15) is 13.2 Å². The van der Waals surface area contributed by atoms with Crippen molar-refractivity contribution in [1.29, 1.82) is 0 Å². The van der Waals surface area contributed by atoms with Gasteiger partial charge in [-0.25, -0.2) is 13.2 Å². The molecule has 2 aromatic carbocycles. The summed E-state index contributed by atoms with van der Waals surface area (Å²) in [5, 5.41) is 6.57. The molecule has 0 bridgehead atoms. The molecule has 0 aliphatic rings. The van der Waals surface area contributed by atoms with E-state index < -0.39 is 15.9 Å². The number of nitrogens with one attached hydrogen (secondary N) is 3. The molecule has 3 rings (SSSR count). The van der Waals surface area contributed by atoms with Crippen molar-refractivity contribution in [3.8, 4) is 0 Å². The number of aromatic amines is 1. The molecule has 0 atom stereocenters. The van der Waals surface area contributed by atoms with E-state index in [1.165, 1.54) is 0 Å². The summed E-state index contributed by atoms with van der Waals surface area (Å²) in [6.45, 7) is 2.09. The zero-order valence-electron chi connectivity index (χ0n) is 14.8. The van der Waals surface area contributed by atoms with E-state index in [2.05, 4.69) is 15.6 Å². The van der Waals surface area contributed by atoms with Crippen LogP contribution >= 0.6 is 11.6 Å². The molecule has 8 heteroatoms. The van der Waals surface area contributed by atoms with Crippen LogP contribution in [0.3, 0.4) is 0 Å². The number of para-hydroxylation sites is 1. The average Bonchev–Trinajstić information content (AvgIpc) is 2.97. The van der Waals surface area contributed by atoms with Gasteiger partial charge < -0.3 is 15.6 Å². The lowest BCUT2D eigenvalue weighted by Gasteiger charge is -2.09. The Kier molecular flexibility index (Phi) is 5.72. The largest absolute Gasteiger partial charge is 0.358 e. The average molecular weight is 406 g/mol. The lowest BCUT2D eigenvalue weighted by Crippen LogP contribution is -2.37. The summed E-state index contributed by atoms with van der Waals surface area (Å²) in [6, 6.07) is 14.0. The van der Waals surface area contributed by atoms with E-state index in [-0.39, 0.29) is 12.3 Å². The van der Waals surface area contributed by atoms with Gasteiger partial charge in [0, 0.05) is 34.7 Å².